The van der Waals surface area contributed by atoms with E-state index in [1.165, 1.54) is 32.1 Å². The number of thioether (sulfide) groups is 1. The molecule has 4 rings (SSSR count). The van der Waals surface area contributed by atoms with E-state index in [0.717, 1.165) is 35.3 Å². The maximum atomic E-state index is 13.4. The minimum absolute atomic E-state index is 0.00704. The molecule has 1 aromatic carbocycles. The molecule has 1 aliphatic heterocycles. The molecule has 2 aromatic rings. The van der Waals surface area contributed by atoms with Gasteiger partial charge in [0.2, 0.25) is 5.91 Å². The van der Waals surface area contributed by atoms with Crippen LogP contribution in [0.1, 0.15) is 74.4 Å². The summed E-state index contributed by atoms with van der Waals surface area (Å²) in [6.45, 7) is 3.99. The van der Waals surface area contributed by atoms with Gasteiger partial charge < -0.3 is 14.6 Å². The Morgan fingerprint density at radius 3 is 2.58 bits per heavy atom. The van der Waals surface area contributed by atoms with Crippen LogP contribution in [0, 0.1) is 5.92 Å². The first-order chi connectivity index (χ1) is 15.2. The van der Waals surface area contributed by atoms with Gasteiger partial charge in [0.15, 0.2) is 5.76 Å². The summed E-state index contributed by atoms with van der Waals surface area (Å²) in [6.07, 6.45) is 8.90. The standard InChI is InChI=1S/C25H34N2O3S/c1-2-14-26-24(28)18-12-15-27(16-13-18)25(29)23-21(17-31-19-8-4-3-5-9-19)20-10-6-7-11-22(20)30-23/h6-7,10-11,18-19H,2-5,8-9,12-17H2,1H3,(H,26,28). The van der Waals surface area contributed by atoms with E-state index >= 15 is 0 Å². The Hall–Kier alpha value is -1.95. The number of furan rings is 1. The third-order valence-corrected chi connectivity index (χ3v) is 8.01. The number of fused-ring (bicyclic) bond motifs is 1. The van der Waals surface area contributed by atoms with Crippen molar-refractivity contribution in [1.82, 2.24) is 10.2 Å². The van der Waals surface area contributed by atoms with Crippen molar-refractivity contribution in [3.05, 3.63) is 35.6 Å². The van der Waals surface area contributed by atoms with Crippen molar-refractivity contribution < 1.29 is 14.0 Å². The molecule has 1 N–H and O–H groups in total. The molecule has 2 aliphatic rings. The first-order valence-corrected chi connectivity index (χ1v) is 12.9. The van der Waals surface area contributed by atoms with Gasteiger partial charge in [-0.3, -0.25) is 9.59 Å². The summed E-state index contributed by atoms with van der Waals surface area (Å²) in [7, 11) is 0. The van der Waals surface area contributed by atoms with Crippen LogP contribution in [-0.4, -0.2) is 41.6 Å². The Balaban J connectivity index is 1.45. The van der Waals surface area contributed by atoms with E-state index < -0.39 is 0 Å². The summed E-state index contributed by atoms with van der Waals surface area (Å²) < 4.78 is 6.10. The number of para-hydroxylation sites is 1. The molecule has 2 amide bonds. The molecule has 2 heterocycles. The molecule has 0 atom stereocenters. The van der Waals surface area contributed by atoms with Crippen molar-refractivity contribution in [2.45, 2.75) is 69.3 Å². The molecular weight excluding hydrogens is 408 g/mol. The number of nitrogens with one attached hydrogen (secondary N) is 1. The fraction of sp³-hybridized carbons (Fsp3) is 0.600. The first kappa shape index (κ1) is 22.3. The van der Waals surface area contributed by atoms with E-state index in [9.17, 15) is 9.59 Å². The second-order valence-corrected chi connectivity index (χ2v) is 10.1. The van der Waals surface area contributed by atoms with E-state index in [1.54, 1.807) is 0 Å². The molecule has 5 nitrogen and oxygen atoms in total. The van der Waals surface area contributed by atoms with Gasteiger partial charge in [0.05, 0.1) is 0 Å². The topological polar surface area (TPSA) is 62.6 Å². The van der Waals surface area contributed by atoms with Gasteiger partial charge in [-0.2, -0.15) is 11.8 Å². The summed E-state index contributed by atoms with van der Waals surface area (Å²) >= 11 is 1.98. The van der Waals surface area contributed by atoms with Crippen molar-refractivity contribution in [2.75, 3.05) is 19.6 Å². The Morgan fingerprint density at radius 2 is 1.84 bits per heavy atom. The van der Waals surface area contributed by atoms with Gasteiger partial charge in [-0.15, -0.1) is 0 Å². The second-order valence-electron chi connectivity index (χ2n) is 8.83. The van der Waals surface area contributed by atoms with Crippen molar-refractivity contribution in [3.8, 4) is 0 Å². The van der Waals surface area contributed by atoms with E-state index in [2.05, 4.69) is 18.3 Å². The number of carbonyl (C=O) groups is 2. The third-order valence-electron chi connectivity index (χ3n) is 6.61. The Labute approximate surface area is 189 Å². The highest BCUT2D eigenvalue weighted by Crippen LogP contribution is 2.35. The number of hydrogen-bond acceptors (Lipinski definition) is 4. The van der Waals surface area contributed by atoms with Gasteiger partial charge in [0.1, 0.15) is 5.58 Å². The van der Waals surface area contributed by atoms with Gasteiger partial charge in [0, 0.05) is 47.5 Å². The van der Waals surface area contributed by atoms with Crippen LogP contribution in [0.25, 0.3) is 11.0 Å². The predicted octanol–water partition coefficient (Wildman–Crippen LogP) is 5.38. The molecule has 6 heteroatoms. The van der Waals surface area contributed by atoms with Crippen LogP contribution >= 0.6 is 11.8 Å². The Morgan fingerprint density at radius 1 is 1.10 bits per heavy atom. The normalized spacial score (nSPS) is 18.4. The second kappa shape index (κ2) is 10.6. The van der Waals surface area contributed by atoms with Crippen LogP contribution in [0.2, 0.25) is 0 Å². The quantitative estimate of drug-likeness (QED) is 0.626. The van der Waals surface area contributed by atoms with Gasteiger partial charge >= 0.3 is 0 Å². The monoisotopic (exact) mass is 442 g/mol. The van der Waals surface area contributed by atoms with Crippen molar-refractivity contribution in [1.29, 1.82) is 0 Å². The lowest BCUT2D eigenvalue weighted by Gasteiger charge is -2.31. The number of piperidine rings is 1. The van der Waals surface area contributed by atoms with Gasteiger partial charge in [-0.05, 0) is 38.2 Å². The van der Waals surface area contributed by atoms with Crippen molar-refractivity contribution in [3.63, 3.8) is 0 Å². The summed E-state index contributed by atoms with van der Waals surface area (Å²) in [5.41, 5.74) is 1.83. The average molecular weight is 443 g/mol. The number of benzene rings is 1. The number of rotatable bonds is 7. The van der Waals surface area contributed by atoms with Gasteiger partial charge in [-0.1, -0.05) is 44.4 Å². The summed E-state index contributed by atoms with van der Waals surface area (Å²) in [5, 5.41) is 4.73. The fourth-order valence-corrected chi connectivity index (χ4v) is 6.08. The highest BCUT2D eigenvalue weighted by atomic mass is 32.2. The minimum Gasteiger partial charge on any atom is -0.451 e. The van der Waals surface area contributed by atoms with E-state index in [4.69, 9.17) is 4.42 Å². The zero-order chi connectivity index (χ0) is 21.6. The smallest absolute Gasteiger partial charge is 0.289 e. The highest BCUT2D eigenvalue weighted by molar-refractivity contribution is 7.99. The van der Waals surface area contributed by atoms with Gasteiger partial charge in [-0.25, -0.2) is 0 Å². The third kappa shape index (κ3) is 5.28. The van der Waals surface area contributed by atoms with Crippen LogP contribution in [0.4, 0.5) is 0 Å². The van der Waals surface area contributed by atoms with E-state index in [1.807, 2.05) is 34.9 Å². The van der Waals surface area contributed by atoms with Crippen LogP contribution in [0.5, 0.6) is 0 Å². The maximum Gasteiger partial charge on any atom is 0.289 e. The lowest BCUT2D eigenvalue weighted by molar-refractivity contribution is -0.126. The number of amides is 2. The molecule has 1 saturated carbocycles. The molecular formula is C25H34N2O3S. The largest absolute Gasteiger partial charge is 0.451 e. The Kier molecular flexibility index (Phi) is 7.59. The molecule has 2 fully saturated rings. The summed E-state index contributed by atoms with van der Waals surface area (Å²) in [4.78, 5) is 27.6. The van der Waals surface area contributed by atoms with Crippen molar-refractivity contribution >= 4 is 34.5 Å². The van der Waals surface area contributed by atoms with Gasteiger partial charge in [0.25, 0.3) is 5.91 Å². The number of carbonyl (C=O) groups excluding carboxylic acids is 2. The summed E-state index contributed by atoms with van der Waals surface area (Å²) in [5.74, 6) is 1.43. The molecule has 31 heavy (non-hydrogen) atoms. The molecule has 0 spiro atoms. The number of likely N-dealkylation sites (tertiary alicyclic amines) is 1. The lowest BCUT2D eigenvalue weighted by atomic mass is 9.95. The zero-order valence-electron chi connectivity index (χ0n) is 18.5. The predicted molar refractivity (Wildman–Crippen MR) is 126 cm³/mol. The highest BCUT2D eigenvalue weighted by Gasteiger charge is 2.31. The molecule has 0 radical (unpaired) electrons. The zero-order valence-corrected chi connectivity index (χ0v) is 19.3. The van der Waals surface area contributed by atoms with Crippen LogP contribution in [0.3, 0.4) is 0 Å². The first-order valence-electron chi connectivity index (χ1n) is 11.9. The van der Waals surface area contributed by atoms with Crippen molar-refractivity contribution in [2.24, 2.45) is 5.92 Å². The molecule has 0 unspecified atom stereocenters. The van der Waals surface area contributed by atoms with Crippen LogP contribution < -0.4 is 5.32 Å². The molecule has 168 valence electrons. The summed E-state index contributed by atoms with van der Waals surface area (Å²) in [6, 6.07) is 7.99. The minimum atomic E-state index is -0.0251. The molecule has 1 saturated heterocycles. The fourth-order valence-electron chi connectivity index (χ4n) is 4.73. The van der Waals surface area contributed by atoms with E-state index in [0.29, 0.717) is 36.9 Å². The number of nitrogens with zero attached hydrogens (tertiary/aromatic N) is 1. The molecule has 1 aromatic heterocycles. The van der Waals surface area contributed by atoms with E-state index in [-0.39, 0.29) is 17.7 Å². The molecule has 0 bridgehead atoms. The number of hydrogen-bond donors (Lipinski definition) is 1. The SMILES string of the molecule is CCCNC(=O)C1CCN(C(=O)c2oc3ccccc3c2CSC2CCCCC2)CC1. The Bertz CT molecular complexity index is 895. The lowest BCUT2D eigenvalue weighted by Crippen LogP contribution is -2.43. The average Bonchev–Trinajstić information content (AvgIpc) is 3.20. The van der Waals surface area contributed by atoms with Crippen LogP contribution in [0.15, 0.2) is 28.7 Å². The van der Waals surface area contributed by atoms with Crippen LogP contribution in [-0.2, 0) is 10.5 Å². The maximum absolute atomic E-state index is 13.4. The molecule has 1 aliphatic carbocycles.